The Kier molecular flexibility index (Phi) is 29.8. The fourth-order valence-electron chi connectivity index (χ4n) is 10.5. The van der Waals surface area contributed by atoms with Gasteiger partial charge in [-0.25, -0.2) is 0 Å². The van der Waals surface area contributed by atoms with E-state index < -0.39 is 232 Å². The molecule has 0 spiro atoms. The van der Waals surface area contributed by atoms with Gasteiger partial charge in [0.2, 0.25) is 65.0 Å². The molecule has 11 amide bonds. The van der Waals surface area contributed by atoms with Gasteiger partial charge in [0.15, 0.2) is 0 Å². The molecule has 34 heteroatoms. The van der Waals surface area contributed by atoms with E-state index >= 15 is 0 Å². The van der Waals surface area contributed by atoms with E-state index in [0.29, 0.717) is 16.6 Å². The molecule has 0 aliphatic heterocycles. The van der Waals surface area contributed by atoms with Gasteiger partial charge in [0.1, 0.15) is 60.1 Å². The van der Waals surface area contributed by atoms with Gasteiger partial charge in [-0.15, -0.1) is 0 Å². The molecule has 5 aromatic carbocycles. The van der Waals surface area contributed by atoms with Crippen LogP contribution >= 0.6 is 0 Å². The van der Waals surface area contributed by atoms with Gasteiger partial charge in [-0.1, -0.05) is 80.9 Å². The highest BCUT2D eigenvalue weighted by Crippen LogP contribution is 2.37. The lowest BCUT2D eigenvalue weighted by atomic mass is 9.93. The first-order chi connectivity index (χ1) is 47.2. The number of anilines is 1. The molecule has 5 rings (SSSR count). The molecule has 0 unspecified atom stereocenters. The van der Waals surface area contributed by atoms with Crippen LogP contribution in [0.3, 0.4) is 0 Å². The molecule has 10 atom stereocenters. The highest BCUT2D eigenvalue weighted by atomic mass is 16.4. The number of carbonyl (C=O) groups is 16. The predicted molar refractivity (Wildman–Crippen MR) is 355 cm³/mol. The van der Waals surface area contributed by atoms with Crippen LogP contribution in [-0.2, 0) is 83.1 Å². The summed E-state index contributed by atoms with van der Waals surface area (Å²) in [5.41, 5.74) is 6.12. The van der Waals surface area contributed by atoms with E-state index in [-0.39, 0.29) is 18.6 Å². The maximum Gasteiger partial charge on any atom is 0.303 e. The molecule has 0 aromatic heterocycles. The number of primary amides is 1. The van der Waals surface area contributed by atoms with Crippen LogP contribution in [0.25, 0.3) is 32.3 Å². The third kappa shape index (κ3) is 24.4. The Morgan fingerprint density at radius 1 is 0.430 bits per heavy atom. The summed E-state index contributed by atoms with van der Waals surface area (Å²) in [5.74, 6) is -19.9. The van der Waals surface area contributed by atoms with Gasteiger partial charge < -0.3 is 94.9 Å². The summed E-state index contributed by atoms with van der Waals surface area (Å²) in [7, 11) is 0. The Labute approximate surface area is 570 Å². The van der Waals surface area contributed by atoms with Crippen molar-refractivity contribution in [2.75, 3.05) is 18.4 Å². The van der Waals surface area contributed by atoms with Gasteiger partial charge >= 0.3 is 29.8 Å². The van der Waals surface area contributed by atoms with Crippen LogP contribution in [0.1, 0.15) is 104 Å². The number of nitrogens with two attached hydrogens (primary N) is 1. The van der Waals surface area contributed by atoms with E-state index in [0.717, 1.165) is 33.9 Å². The van der Waals surface area contributed by atoms with E-state index in [4.69, 9.17) is 5.73 Å². The maximum atomic E-state index is 14.5. The van der Waals surface area contributed by atoms with Crippen molar-refractivity contribution in [2.45, 2.75) is 159 Å². The second-order valence-corrected chi connectivity index (χ2v) is 23.8. The lowest BCUT2D eigenvalue weighted by Gasteiger charge is -2.29. The van der Waals surface area contributed by atoms with Crippen LogP contribution in [0.15, 0.2) is 78.9 Å². The van der Waals surface area contributed by atoms with Crippen molar-refractivity contribution in [3.05, 3.63) is 84.4 Å². The average Bonchev–Trinajstić information content (AvgIpc) is 0.805. The van der Waals surface area contributed by atoms with E-state index in [2.05, 4.69) is 58.5 Å². The fraction of sp³-hybridized carbons (Fsp3) is 0.424. The molecule has 0 heterocycles. The van der Waals surface area contributed by atoms with Gasteiger partial charge in [0.05, 0.1) is 6.54 Å². The number of hydrogen-bond acceptors (Lipinski definition) is 18. The quantitative estimate of drug-likeness (QED) is 0.0215. The van der Waals surface area contributed by atoms with Gasteiger partial charge in [0, 0.05) is 63.1 Å². The predicted octanol–water partition coefficient (Wildman–Crippen LogP) is -0.681. The number of nitrogens with one attached hydrogen (secondary N) is 11. The first-order valence-electron chi connectivity index (χ1n) is 31.8. The zero-order valence-corrected chi connectivity index (χ0v) is 55.0. The SMILES string of the molecule is CC[C@H](C)[C@H](NC(=O)[C@H](CCC(=O)O)NC(=O)[C@H](CCC(=O)O)NC(=O)[C@H](CCC(=O)O)NC(C)=O)C(=O)N[C@@H](Cc1ccc(O)cc1)C(=O)NCC(=O)N[C@@H](CCC(=O)O)C(=O)N[C@@H](CNc1ccc2ccc3cccc4ccc1c2c34)C(=O)N[C@@H](CCC(=O)O)C(=O)N[C@@H](C)C(N)=O. The molecule has 0 radical (unpaired) electrons. The molecule has 0 saturated heterocycles. The number of hydrogen-bond donors (Lipinski definition) is 18. The van der Waals surface area contributed by atoms with Crippen LogP contribution in [0.5, 0.6) is 5.75 Å². The Hall–Kier alpha value is -11.7. The molecule has 0 fully saturated rings. The molecule has 5 aromatic rings. The molecule has 538 valence electrons. The minimum Gasteiger partial charge on any atom is -0.508 e. The average molecular weight is 1400 g/mol. The van der Waals surface area contributed by atoms with Crippen molar-refractivity contribution in [2.24, 2.45) is 11.7 Å². The topological polar surface area (TPSA) is 553 Å². The second kappa shape index (κ2) is 37.7. The van der Waals surface area contributed by atoms with Crippen molar-refractivity contribution in [3.63, 3.8) is 0 Å². The van der Waals surface area contributed by atoms with Crippen LogP contribution in [-0.4, -0.2) is 193 Å². The third-order valence-electron chi connectivity index (χ3n) is 16.1. The van der Waals surface area contributed by atoms with Gasteiger partial charge in [0.25, 0.3) is 0 Å². The molecule has 0 aliphatic carbocycles. The van der Waals surface area contributed by atoms with Gasteiger partial charge in [-0.2, -0.15) is 0 Å². The minimum absolute atomic E-state index is 0.141. The smallest absolute Gasteiger partial charge is 0.303 e. The summed E-state index contributed by atoms with van der Waals surface area (Å²) in [6.07, 6.45) is -6.72. The molecule has 34 nitrogen and oxygen atoms in total. The monoisotopic (exact) mass is 1390 g/mol. The number of rotatable bonds is 42. The number of carboxylic acid groups (broad SMARTS) is 5. The first kappa shape index (κ1) is 79.0. The summed E-state index contributed by atoms with van der Waals surface area (Å²) >= 11 is 0. The van der Waals surface area contributed by atoms with Crippen molar-refractivity contribution < 1.29 is 107 Å². The number of phenolic OH excluding ortho intramolecular Hbond substituents is 1. The largest absolute Gasteiger partial charge is 0.508 e. The standard InChI is InChI=1S/C66H82N12O22/c1-5-32(2)57(78-64(98)46(23-28-54(90)91)74-63(97)45(22-27-53(88)89)73-61(95)42(71-34(4)79)19-24-50(82)83)66(100)76-47(29-35-9-15-39(80)16-10-35)59(93)69-31-49(81)72-43(20-25-51(84)85)62(96)77-48(65(99)75-44(21-26-52(86)87)60(94)70-33(3)58(67)92)30-68-41-18-14-38-12-11-36-7-6-8-37-13-17-40(41)56(38)55(36)37/h6-18,32-33,42-48,57,68,80H,5,19-31H2,1-4H3,(H2,67,92)(H,69,93)(H,70,94)(H,71,79)(H,72,81)(H,73,95)(H,74,97)(H,75,99)(H,76,100)(H,77,96)(H,78,98)(H,82,83)(H,84,85)(H,86,87)(H,88,89)(H,90,91)/t32-,33-,42-,43-,44-,45-,46-,47-,48-,57-/m0/s1. The molecule has 0 aliphatic rings. The number of carbonyl (C=O) groups excluding carboxylic acids is 11. The normalized spacial score (nSPS) is 14.1. The van der Waals surface area contributed by atoms with Crippen LogP contribution in [0.4, 0.5) is 5.69 Å². The van der Waals surface area contributed by atoms with E-state index in [1.165, 1.54) is 38.1 Å². The summed E-state index contributed by atoms with van der Waals surface area (Å²) in [6.45, 7) is 3.93. The highest BCUT2D eigenvalue weighted by molar-refractivity contribution is 6.25. The molecule has 19 N–H and O–H groups in total. The molecular formula is C66H82N12O22. The van der Waals surface area contributed by atoms with Crippen molar-refractivity contribution in [3.8, 4) is 5.75 Å². The van der Waals surface area contributed by atoms with Gasteiger partial charge in [-0.3, -0.25) is 76.7 Å². The van der Waals surface area contributed by atoms with Crippen LogP contribution < -0.4 is 64.2 Å². The van der Waals surface area contributed by atoms with Crippen molar-refractivity contribution in [1.82, 2.24) is 53.2 Å². The summed E-state index contributed by atoms with van der Waals surface area (Å²) < 4.78 is 0. The van der Waals surface area contributed by atoms with Crippen LogP contribution in [0.2, 0.25) is 0 Å². The number of phenols is 1. The fourth-order valence-corrected chi connectivity index (χ4v) is 10.5. The van der Waals surface area contributed by atoms with E-state index in [9.17, 15) is 107 Å². The summed E-state index contributed by atoms with van der Waals surface area (Å²) in [5, 5.41) is 89.7. The van der Waals surface area contributed by atoms with Crippen molar-refractivity contribution in [1.29, 1.82) is 0 Å². The Morgan fingerprint density at radius 3 is 1.29 bits per heavy atom. The number of carboxylic acids is 5. The maximum absolute atomic E-state index is 14.5. The summed E-state index contributed by atoms with van der Waals surface area (Å²) in [4.78, 5) is 209. The minimum atomic E-state index is -1.83. The molecular weight excluding hydrogens is 1310 g/mol. The Balaban J connectivity index is 1.40. The van der Waals surface area contributed by atoms with E-state index in [1.54, 1.807) is 13.0 Å². The number of aromatic hydroxyl groups is 1. The molecule has 100 heavy (non-hydrogen) atoms. The van der Waals surface area contributed by atoms with Crippen molar-refractivity contribution >= 4 is 133 Å². The zero-order valence-electron chi connectivity index (χ0n) is 55.0. The van der Waals surface area contributed by atoms with Gasteiger partial charge in [-0.05, 0) is 95.6 Å². The van der Waals surface area contributed by atoms with Crippen LogP contribution in [0, 0.1) is 5.92 Å². The lowest BCUT2D eigenvalue weighted by Crippen LogP contribution is -2.61. The molecule has 0 bridgehead atoms. The number of amides is 11. The highest BCUT2D eigenvalue weighted by Gasteiger charge is 2.37. The zero-order chi connectivity index (χ0) is 74.1. The Morgan fingerprint density at radius 2 is 0.830 bits per heavy atom. The number of benzene rings is 5. The number of aliphatic carboxylic acids is 5. The van der Waals surface area contributed by atoms with E-state index in [1.807, 2.05) is 48.5 Å². The first-order valence-corrected chi connectivity index (χ1v) is 31.8. The third-order valence-corrected chi connectivity index (χ3v) is 16.1. The summed E-state index contributed by atoms with van der Waals surface area (Å²) in [6, 6.07) is 7.37. The lowest BCUT2D eigenvalue weighted by molar-refractivity contribution is -0.140. The molecule has 0 saturated carbocycles. The second-order valence-electron chi connectivity index (χ2n) is 23.8. The Bertz CT molecular complexity index is 3850.